The lowest BCUT2D eigenvalue weighted by molar-refractivity contribution is -0.135. The van der Waals surface area contributed by atoms with Crippen LogP contribution in [0.25, 0.3) is 39.6 Å². The number of amides is 4. The van der Waals surface area contributed by atoms with Gasteiger partial charge in [-0.2, -0.15) is 0 Å². The molecule has 2 aliphatic carbocycles. The predicted octanol–water partition coefficient (Wildman–Crippen LogP) is 8.82. The normalized spacial score (nSPS) is 23.3. The minimum absolute atomic E-state index is 0.0680. The molecule has 5 heterocycles. The average molecular weight is 939 g/mol. The van der Waals surface area contributed by atoms with Crippen LogP contribution in [0.3, 0.4) is 0 Å². The number of ether oxygens (including phenoxy) is 2. The number of pyridine rings is 1. The number of carbonyl (C=O) groups excluding carboxylic acids is 4. The summed E-state index contributed by atoms with van der Waals surface area (Å²) in [6.07, 6.45) is 7.01. The number of nitrogens with zero attached hydrogens (tertiary/aromatic N) is 5. The SMILES string of the molecule is COc1cccc2c1C=C(Cl)N(c1ccc(-c3ncc(-c4ccc(NC(=O)C[C@@H]5C[C@@H]6C[C@@H]6N5C(=O)c5nc(Cl)cc6c(OC)cccc56)cc4)o3)cc1)C2C(=O)N1[C@H](CC(N)=O)C[C@@H]2C[C@@H]21. The van der Waals surface area contributed by atoms with E-state index in [4.69, 9.17) is 42.8 Å². The minimum atomic E-state index is -0.819. The summed E-state index contributed by atoms with van der Waals surface area (Å²) in [6.45, 7) is 0. The third kappa shape index (κ3) is 7.71. The fourth-order valence-corrected chi connectivity index (χ4v) is 11.2. The topological polar surface area (TPSA) is 173 Å². The Balaban J connectivity index is 0.775. The first-order valence-electron chi connectivity index (χ1n) is 22.3. The molecular formula is C51H45Cl2N7O7. The van der Waals surface area contributed by atoms with E-state index in [1.807, 2.05) is 93.6 Å². The Morgan fingerprint density at radius 2 is 1.46 bits per heavy atom. The van der Waals surface area contributed by atoms with E-state index >= 15 is 0 Å². The number of hydrogen-bond acceptors (Lipinski definition) is 10. The van der Waals surface area contributed by atoms with Gasteiger partial charge < -0.3 is 39.6 Å². The molecule has 340 valence electrons. The number of likely N-dealkylation sites (tertiary alicyclic amines) is 2. The van der Waals surface area contributed by atoms with Crippen molar-refractivity contribution in [3.8, 4) is 34.3 Å². The van der Waals surface area contributed by atoms with Crippen molar-refractivity contribution < 1.29 is 33.1 Å². The largest absolute Gasteiger partial charge is 0.496 e. The smallest absolute Gasteiger partial charge is 0.273 e. The number of nitrogens with one attached hydrogen (secondary N) is 1. The van der Waals surface area contributed by atoms with Crippen LogP contribution < -0.4 is 25.4 Å². The van der Waals surface area contributed by atoms with Crippen molar-refractivity contribution in [2.75, 3.05) is 24.4 Å². The Bertz CT molecular complexity index is 3030. The Morgan fingerprint density at radius 3 is 2.18 bits per heavy atom. The molecule has 4 aromatic carbocycles. The number of halogens is 2. The molecule has 0 radical (unpaired) electrons. The van der Waals surface area contributed by atoms with Gasteiger partial charge in [-0.15, -0.1) is 0 Å². The summed E-state index contributed by atoms with van der Waals surface area (Å²) >= 11 is 13.5. The molecule has 6 aromatic rings. The molecule has 16 heteroatoms. The van der Waals surface area contributed by atoms with Crippen LogP contribution in [0, 0.1) is 11.8 Å². The van der Waals surface area contributed by atoms with E-state index in [1.165, 1.54) is 0 Å². The highest BCUT2D eigenvalue weighted by Crippen LogP contribution is 2.52. The summed E-state index contributed by atoms with van der Waals surface area (Å²) in [4.78, 5) is 69.0. The van der Waals surface area contributed by atoms with Gasteiger partial charge in [0.1, 0.15) is 33.5 Å². The van der Waals surface area contributed by atoms with Gasteiger partial charge in [0.15, 0.2) is 5.76 Å². The number of hydrogen-bond donors (Lipinski definition) is 2. The monoisotopic (exact) mass is 937 g/mol. The van der Waals surface area contributed by atoms with Crippen molar-refractivity contribution in [1.82, 2.24) is 19.8 Å². The molecule has 14 nitrogen and oxygen atoms in total. The number of carbonyl (C=O) groups is 4. The fourth-order valence-electron chi connectivity index (χ4n) is 10.7. The zero-order valence-electron chi connectivity index (χ0n) is 36.5. The van der Waals surface area contributed by atoms with Crippen molar-refractivity contribution >= 4 is 75.1 Å². The molecule has 5 aliphatic rings. The van der Waals surface area contributed by atoms with Gasteiger partial charge in [-0.3, -0.25) is 19.2 Å². The number of piperidine rings is 2. The summed E-state index contributed by atoms with van der Waals surface area (Å²) < 4.78 is 17.4. The molecule has 4 amide bonds. The summed E-state index contributed by atoms with van der Waals surface area (Å²) in [5, 5.41) is 4.90. The fraction of sp³-hybridized carbons (Fsp3) is 0.294. The maximum Gasteiger partial charge on any atom is 0.273 e. The molecule has 67 heavy (non-hydrogen) atoms. The standard InChI is InChI=1S/C51H45Cl2N7O7/c1-65-40-7-3-5-34-36(40)23-43(52)57-47(34)50(63)58-33(18-29-19-38(29)58)22-46(62)56-30-13-9-26(10-14-30)42-25-55-49(67-42)27-11-15-31(16-12-27)60-44(53)24-37-35(6-4-8-41(37)66-2)48(60)51(64)59-32(21-45(54)61)17-28-20-39(28)59/h3-16,23-25,28-29,32-33,38-39,48H,17-22H2,1-2H3,(H2,54,61)(H,56,62)/t28-,29-,32+,33+,38+,39+,48?/m1/s1. The van der Waals surface area contributed by atoms with Crippen molar-refractivity contribution in [1.29, 1.82) is 0 Å². The van der Waals surface area contributed by atoms with Crippen molar-refractivity contribution in [2.45, 2.75) is 68.7 Å². The number of oxazole rings is 1. The molecule has 11 rings (SSSR count). The van der Waals surface area contributed by atoms with Gasteiger partial charge in [0.2, 0.25) is 17.7 Å². The third-order valence-corrected chi connectivity index (χ3v) is 14.4. The van der Waals surface area contributed by atoms with Gasteiger partial charge in [-0.05, 0) is 116 Å². The van der Waals surface area contributed by atoms with E-state index in [2.05, 4.69) is 15.3 Å². The first-order valence-corrected chi connectivity index (χ1v) is 23.1. The molecule has 4 fully saturated rings. The van der Waals surface area contributed by atoms with E-state index in [0.29, 0.717) is 67.9 Å². The first kappa shape index (κ1) is 42.7. The number of nitrogens with two attached hydrogens (primary N) is 1. The molecule has 3 N–H and O–H groups in total. The maximum atomic E-state index is 14.8. The molecule has 7 atom stereocenters. The van der Waals surface area contributed by atoms with Gasteiger partial charge in [0.05, 0.1) is 20.4 Å². The van der Waals surface area contributed by atoms with Crippen LogP contribution in [-0.2, 0) is 14.4 Å². The molecule has 2 saturated heterocycles. The zero-order chi connectivity index (χ0) is 46.2. The van der Waals surface area contributed by atoms with E-state index in [9.17, 15) is 19.2 Å². The van der Waals surface area contributed by atoms with Crippen LogP contribution in [0.4, 0.5) is 11.4 Å². The van der Waals surface area contributed by atoms with Crippen LogP contribution in [0.15, 0.2) is 107 Å². The second-order valence-corrected chi connectivity index (χ2v) is 18.8. The first-order chi connectivity index (χ1) is 32.5. The van der Waals surface area contributed by atoms with Crippen LogP contribution in [-0.4, -0.2) is 81.8 Å². The van der Waals surface area contributed by atoms with Crippen LogP contribution in [0.5, 0.6) is 11.5 Å². The number of benzene rings is 4. The summed E-state index contributed by atoms with van der Waals surface area (Å²) in [5.41, 5.74) is 10.1. The minimum Gasteiger partial charge on any atom is -0.496 e. The molecule has 1 unspecified atom stereocenters. The Labute approximate surface area is 395 Å². The maximum absolute atomic E-state index is 14.8. The lowest BCUT2D eigenvalue weighted by Gasteiger charge is -2.40. The van der Waals surface area contributed by atoms with Gasteiger partial charge in [0.25, 0.3) is 11.8 Å². The Hall–Kier alpha value is -6.90. The van der Waals surface area contributed by atoms with Crippen LogP contribution >= 0.6 is 23.2 Å². The highest BCUT2D eigenvalue weighted by molar-refractivity contribution is 6.34. The lowest BCUT2D eigenvalue weighted by atomic mass is 9.93. The second kappa shape index (κ2) is 16.8. The lowest BCUT2D eigenvalue weighted by Crippen LogP contribution is -2.48. The number of anilines is 2. The van der Waals surface area contributed by atoms with Crippen molar-refractivity contribution in [3.63, 3.8) is 0 Å². The highest BCUT2D eigenvalue weighted by atomic mass is 35.5. The number of primary amides is 1. The molecule has 3 aliphatic heterocycles. The van der Waals surface area contributed by atoms with E-state index in [0.717, 1.165) is 42.4 Å². The van der Waals surface area contributed by atoms with Gasteiger partial charge in [0, 0.05) is 75.8 Å². The molecule has 0 bridgehead atoms. The zero-order valence-corrected chi connectivity index (χ0v) is 38.0. The number of rotatable bonds is 12. The van der Waals surface area contributed by atoms with Crippen molar-refractivity contribution in [3.05, 3.63) is 124 Å². The summed E-state index contributed by atoms with van der Waals surface area (Å²) in [7, 11) is 3.16. The van der Waals surface area contributed by atoms with E-state index in [-0.39, 0.29) is 65.6 Å². The summed E-state index contributed by atoms with van der Waals surface area (Å²) in [5.74, 6) is 1.83. The second-order valence-electron chi connectivity index (χ2n) is 18.0. The third-order valence-electron chi connectivity index (χ3n) is 13.9. The van der Waals surface area contributed by atoms with Crippen LogP contribution in [0.2, 0.25) is 5.15 Å². The Morgan fingerprint density at radius 1 is 0.791 bits per heavy atom. The Kier molecular flexibility index (Phi) is 10.7. The summed E-state index contributed by atoms with van der Waals surface area (Å²) in [6, 6.07) is 26.3. The highest BCUT2D eigenvalue weighted by Gasteiger charge is 2.57. The quantitative estimate of drug-likeness (QED) is 0.0892. The molecule has 2 saturated carbocycles. The van der Waals surface area contributed by atoms with Crippen molar-refractivity contribution in [2.24, 2.45) is 17.6 Å². The molecular weight excluding hydrogens is 894 g/mol. The molecule has 0 spiro atoms. The van der Waals surface area contributed by atoms with Gasteiger partial charge in [-0.1, -0.05) is 47.5 Å². The van der Waals surface area contributed by atoms with Gasteiger partial charge >= 0.3 is 0 Å². The van der Waals surface area contributed by atoms with E-state index in [1.54, 1.807) is 38.6 Å². The van der Waals surface area contributed by atoms with Gasteiger partial charge in [-0.25, -0.2) is 9.97 Å². The average Bonchev–Trinajstić information content (AvgIpc) is 4.09. The number of methoxy groups -OCH3 is 2. The number of fused-ring (bicyclic) bond motifs is 4. The predicted molar refractivity (Wildman–Crippen MR) is 253 cm³/mol. The van der Waals surface area contributed by atoms with E-state index < -0.39 is 11.9 Å². The molecule has 2 aromatic heterocycles. The van der Waals surface area contributed by atoms with Crippen LogP contribution in [0.1, 0.15) is 66.2 Å². The number of aromatic nitrogens is 2.